The number of H-pyrrole nitrogens is 1. The van der Waals surface area contributed by atoms with E-state index in [2.05, 4.69) is 52.0 Å². The molecule has 0 aliphatic carbocycles. The highest BCUT2D eigenvalue weighted by Gasteiger charge is 2.09. The smallest absolute Gasteiger partial charge is 0.256 e. The number of hydrogen-bond donors (Lipinski definition) is 2. The van der Waals surface area contributed by atoms with Gasteiger partial charge in [0.05, 0.1) is 0 Å². The van der Waals surface area contributed by atoms with Crippen LogP contribution in [-0.2, 0) is 0 Å². The third-order valence-electron chi connectivity index (χ3n) is 2.55. The summed E-state index contributed by atoms with van der Waals surface area (Å²) in [4.78, 5) is 12.0. The highest BCUT2D eigenvalue weighted by atomic mass is 127. The van der Waals surface area contributed by atoms with Gasteiger partial charge in [0.1, 0.15) is 0 Å². The van der Waals surface area contributed by atoms with Gasteiger partial charge in [0.25, 0.3) is 5.91 Å². The van der Waals surface area contributed by atoms with E-state index >= 15 is 0 Å². The molecule has 0 aliphatic heterocycles. The molecule has 0 aliphatic rings. The number of anilines is 1. The Hall–Kier alpha value is -1.37. The number of nitrogens with zero attached hydrogens (tertiary/aromatic N) is 1. The van der Waals surface area contributed by atoms with Crippen molar-refractivity contribution >= 4 is 34.3 Å². The van der Waals surface area contributed by atoms with Crippen molar-refractivity contribution in [3.8, 4) is 0 Å². The minimum atomic E-state index is -0.143. The first-order chi connectivity index (χ1) is 8.56. The van der Waals surface area contributed by atoms with Gasteiger partial charge in [-0.2, -0.15) is 5.10 Å². The van der Waals surface area contributed by atoms with Crippen LogP contribution in [0.15, 0.2) is 30.3 Å². The van der Waals surface area contributed by atoms with E-state index in [1.54, 1.807) is 6.07 Å². The van der Waals surface area contributed by atoms with Gasteiger partial charge in [-0.1, -0.05) is 19.9 Å². The zero-order valence-corrected chi connectivity index (χ0v) is 12.4. The molecule has 0 spiro atoms. The Balaban J connectivity index is 2.11. The van der Waals surface area contributed by atoms with Gasteiger partial charge >= 0.3 is 0 Å². The quantitative estimate of drug-likeness (QED) is 0.830. The zero-order valence-electron chi connectivity index (χ0n) is 10.2. The SMILES string of the molecule is CC(C)c1cc(NC(=O)c2cccc(I)c2)n[nH]1. The summed E-state index contributed by atoms with van der Waals surface area (Å²) in [6.45, 7) is 4.14. The largest absolute Gasteiger partial charge is 0.305 e. The number of aromatic nitrogens is 2. The van der Waals surface area contributed by atoms with Crippen LogP contribution in [0.5, 0.6) is 0 Å². The second-order valence-electron chi connectivity index (χ2n) is 4.33. The van der Waals surface area contributed by atoms with Crippen molar-refractivity contribution < 1.29 is 4.79 Å². The van der Waals surface area contributed by atoms with E-state index in [1.165, 1.54) is 0 Å². The maximum atomic E-state index is 12.0. The molecule has 2 N–H and O–H groups in total. The normalized spacial score (nSPS) is 10.7. The maximum Gasteiger partial charge on any atom is 0.256 e. The van der Waals surface area contributed by atoms with Crippen LogP contribution < -0.4 is 5.32 Å². The Labute approximate surface area is 119 Å². The van der Waals surface area contributed by atoms with Crippen molar-refractivity contribution in [2.45, 2.75) is 19.8 Å². The van der Waals surface area contributed by atoms with Crippen LogP contribution >= 0.6 is 22.6 Å². The molecular formula is C13H14IN3O. The van der Waals surface area contributed by atoms with Crippen molar-refractivity contribution in [3.63, 3.8) is 0 Å². The first-order valence-electron chi connectivity index (χ1n) is 5.68. The lowest BCUT2D eigenvalue weighted by molar-refractivity contribution is 0.102. The molecule has 0 bridgehead atoms. The minimum Gasteiger partial charge on any atom is -0.305 e. The molecule has 2 rings (SSSR count). The van der Waals surface area contributed by atoms with Crippen molar-refractivity contribution in [1.82, 2.24) is 10.2 Å². The lowest BCUT2D eigenvalue weighted by atomic mass is 10.1. The van der Waals surface area contributed by atoms with Crippen LogP contribution in [0.3, 0.4) is 0 Å². The second kappa shape index (κ2) is 5.51. The van der Waals surface area contributed by atoms with Crippen LogP contribution in [0, 0.1) is 3.57 Å². The van der Waals surface area contributed by atoms with Crippen LogP contribution in [-0.4, -0.2) is 16.1 Å². The van der Waals surface area contributed by atoms with Gasteiger partial charge in [-0.05, 0) is 46.7 Å². The Bertz CT molecular complexity index is 563. The molecule has 2 aromatic rings. The van der Waals surface area contributed by atoms with E-state index in [0.29, 0.717) is 17.3 Å². The van der Waals surface area contributed by atoms with Crippen molar-refractivity contribution in [1.29, 1.82) is 0 Å². The molecule has 5 heteroatoms. The van der Waals surface area contributed by atoms with Crippen molar-refractivity contribution in [3.05, 3.63) is 45.2 Å². The molecule has 1 heterocycles. The Morgan fingerprint density at radius 1 is 1.39 bits per heavy atom. The molecule has 0 unspecified atom stereocenters. The fraction of sp³-hybridized carbons (Fsp3) is 0.231. The van der Waals surface area contributed by atoms with Crippen molar-refractivity contribution in [2.24, 2.45) is 0 Å². The first kappa shape index (κ1) is 13.1. The molecule has 0 saturated heterocycles. The summed E-state index contributed by atoms with van der Waals surface area (Å²) in [5.74, 6) is 0.777. The van der Waals surface area contributed by atoms with Gasteiger partial charge in [-0.3, -0.25) is 9.89 Å². The van der Waals surface area contributed by atoms with Gasteiger partial charge in [-0.25, -0.2) is 0 Å². The number of carbonyl (C=O) groups is 1. The Morgan fingerprint density at radius 2 is 2.17 bits per heavy atom. The van der Waals surface area contributed by atoms with Crippen LogP contribution in [0.4, 0.5) is 5.82 Å². The van der Waals surface area contributed by atoms with E-state index in [4.69, 9.17) is 0 Å². The molecule has 1 amide bonds. The average Bonchev–Trinajstić information content (AvgIpc) is 2.77. The lowest BCUT2D eigenvalue weighted by Gasteiger charge is -2.02. The van der Waals surface area contributed by atoms with Gasteiger partial charge in [0.15, 0.2) is 5.82 Å². The lowest BCUT2D eigenvalue weighted by Crippen LogP contribution is -2.12. The number of benzene rings is 1. The zero-order chi connectivity index (χ0) is 13.1. The molecular weight excluding hydrogens is 341 g/mol. The fourth-order valence-electron chi connectivity index (χ4n) is 1.51. The summed E-state index contributed by atoms with van der Waals surface area (Å²) in [6, 6.07) is 9.29. The predicted molar refractivity (Wildman–Crippen MR) is 79.8 cm³/mol. The minimum absolute atomic E-state index is 0.143. The van der Waals surface area contributed by atoms with Gasteiger partial charge in [0, 0.05) is 20.9 Å². The number of carbonyl (C=O) groups excluding carboxylic acids is 1. The third kappa shape index (κ3) is 3.10. The Kier molecular flexibility index (Phi) is 4.00. The summed E-state index contributed by atoms with van der Waals surface area (Å²) < 4.78 is 1.03. The molecule has 0 radical (unpaired) electrons. The van der Waals surface area contributed by atoms with Gasteiger partial charge in [0.2, 0.25) is 0 Å². The van der Waals surface area contributed by atoms with E-state index in [0.717, 1.165) is 9.26 Å². The number of halogens is 1. The maximum absolute atomic E-state index is 12.0. The summed E-state index contributed by atoms with van der Waals surface area (Å²) in [6.07, 6.45) is 0. The number of rotatable bonds is 3. The van der Waals surface area contributed by atoms with Crippen LogP contribution in [0.25, 0.3) is 0 Å². The molecule has 18 heavy (non-hydrogen) atoms. The van der Waals surface area contributed by atoms with E-state index in [1.807, 2.05) is 24.3 Å². The summed E-state index contributed by atoms with van der Waals surface area (Å²) in [5.41, 5.74) is 1.64. The fourth-order valence-corrected chi connectivity index (χ4v) is 2.06. The average molecular weight is 355 g/mol. The highest BCUT2D eigenvalue weighted by Crippen LogP contribution is 2.16. The van der Waals surface area contributed by atoms with Crippen molar-refractivity contribution in [2.75, 3.05) is 5.32 Å². The summed E-state index contributed by atoms with van der Waals surface area (Å²) in [5, 5.41) is 9.75. The second-order valence-corrected chi connectivity index (χ2v) is 5.57. The molecule has 1 aromatic heterocycles. The van der Waals surface area contributed by atoms with Crippen LogP contribution in [0.2, 0.25) is 0 Å². The third-order valence-corrected chi connectivity index (χ3v) is 3.22. The molecule has 0 atom stereocenters. The number of nitrogens with one attached hydrogen (secondary N) is 2. The van der Waals surface area contributed by atoms with E-state index in [9.17, 15) is 4.79 Å². The molecule has 4 nitrogen and oxygen atoms in total. The van der Waals surface area contributed by atoms with E-state index < -0.39 is 0 Å². The highest BCUT2D eigenvalue weighted by molar-refractivity contribution is 14.1. The molecule has 94 valence electrons. The number of amides is 1. The predicted octanol–water partition coefficient (Wildman–Crippen LogP) is 3.39. The summed E-state index contributed by atoms with van der Waals surface area (Å²) in [7, 11) is 0. The molecule has 0 saturated carbocycles. The summed E-state index contributed by atoms with van der Waals surface area (Å²) >= 11 is 2.18. The monoisotopic (exact) mass is 355 g/mol. The molecule has 1 aromatic carbocycles. The Morgan fingerprint density at radius 3 is 2.78 bits per heavy atom. The number of hydrogen-bond acceptors (Lipinski definition) is 2. The van der Waals surface area contributed by atoms with Crippen LogP contribution in [0.1, 0.15) is 35.8 Å². The standard InChI is InChI=1S/C13H14IN3O/c1-8(2)11-7-12(17-16-11)15-13(18)9-4-3-5-10(14)6-9/h3-8H,1-2H3,(H2,15,16,17,18). The first-order valence-corrected chi connectivity index (χ1v) is 6.76. The van der Waals surface area contributed by atoms with Gasteiger partial charge in [-0.15, -0.1) is 0 Å². The van der Waals surface area contributed by atoms with E-state index in [-0.39, 0.29) is 5.91 Å². The topological polar surface area (TPSA) is 57.8 Å². The molecule has 0 fully saturated rings. The van der Waals surface area contributed by atoms with Gasteiger partial charge < -0.3 is 5.32 Å². The number of aromatic amines is 1.